The van der Waals surface area contributed by atoms with E-state index in [-0.39, 0.29) is 5.95 Å². The standard InChI is InChI=1S/C23H24ClN7O/c24-19-15-17(7-8-20(19)32-14-13-30-11-3-4-12-30)27-23-28-22(25)31(29-23)21-18-6-2-1-5-16(18)9-10-26-21/h1-2,5-10,15H,3-4,11-14H2,(H3,25,27,28,29). The molecular formula is C23H24ClN7O. The summed E-state index contributed by atoms with van der Waals surface area (Å²) in [5.74, 6) is 1.88. The van der Waals surface area contributed by atoms with Crippen LogP contribution >= 0.6 is 11.6 Å². The maximum atomic E-state index is 6.43. The van der Waals surface area contributed by atoms with Gasteiger partial charge in [0.25, 0.3) is 0 Å². The van der Waals surface area contributed by atoms with Gasteiger partial charge in [-0.1, -0.05) is 35.9 Å². The number of anilines is 3. The lowest BCUT2D eigenvalue weighted by molar-refractivity contribution is 0.238. The van der Waals surface area contributed by atoms with E-state index in [0.29, 0.717) is 29.1 Å². The second-order valence-corrected chi connectivity index (χ2v) is 8.14. The van der Waals surface area contributed by atoms with Crippen LogP contribution in [0.25, 0.3) is 16.6 Å². The van der Waals surface area contributed by atoms with Crippen molar-refractivity contribution in [2.45, 2.75) is 12.8 Å². The third kappa shape index (κ3) is 4.32. The van der Waals surface area contributed by atoms with Gasteiger partial charge in [-0.25, -0.2) is 4.98 Å². The number of likely N-dealkylation sites (tertiary alicyclic amines) is 1. The fraction of sp³-hybridized carbons (Fsp3) is 0.261. The van der Waals surface area contributed by atoms with Gasteiger partial charge in [-0.3, -0.25) is 4.90 Å². The number of hydrogen-bond acceptors (Lipinski definition) is 7. The van der Waals surface area contributed by atoms with Gasteiger partial charge in [0, 0.05) is 23.8 Å². The first-order valence-corrected chi connectivity index (χ1v) is 11.0. The summed E-state index contributed by atoms with van der Waals surface area (Å²) in [6.07, 6.45) is 4.27. The first-order valence-electron chi connectivity index (χ1n) is 10.7. The number of benzene rings is 2. The van der Waals surface area contributed by atoms with Crippen LogP contribution in [-0.4, -0.2) is 50.9 Å². The minimum Gasteiger partial charge on any atom is -0.491 e. The number of ether oxygens (including phenoxy) is 1. The molecule has 2 aromatic carbocycles. The largest absolute Gasteiger partial charge is 0.491 e. The van der Waals surface area contributed by atoms with E-state index < -0.39 is 0 Å². The number of rotatable bonds is 7. The Balaban J connectivity index is 1.30. The molecule has 0 spiro atoms. The van der Waals surface area contributed by atoms with Gasteiger partial charge in [-0.05, 0) is 55.6 Å². The molecule has 0 amide bonds. The Labute approximate surface area is 191 Å². The van der Waals surface area contributed by atoms with E-state index in [9.17, 15) is 0 Å². The zero-order valence-electron chi connectivity index (χ0n) is 17.5. The van der Waals surface area contributed by atoms with Crippen molar-refractivity contribution in [3.8, 4) is 11.6 Å². The highest BCUT2D eigenvalue weighted by Gasteiger charge is 2.14. The summed E-state index contributed by atoms with van der Waals surface area (Å²) in [6, 6.07) is 15.4. The molecule has 1 aliphatic rings. The summed E-state index contributed by atoms with van der Waals surface area (Å²) in [7, 11) is 0. The Morgan fingerprint density at radius 3 is 2.78 bits per heavy atom. The molecule has 1 saturated heterocycles. The average molecular weight is 450 g/mol. The van der Waals surface area contributed by atoms with Crippen LogP contribution in [-0.2, 0) is 0 Å². The molecule has 0 saturated carbocycles. The maximum Gasteiger partial charge on any atom is 0.248 e. The fourth-order valence-electron chi connectivity index (χ4n) is 3.92. The molecule has 32 heavy (non-hydrogen) atoms. The monoisotopic (exact) mass is 449 g/mol. The average Bonchev–Trinajstić information content (AvgIpc) is 3.44. The van der Waals surface area contributed by atoms with Crippen LogP contribution in [0.1, 0.15) is 12.8 Å². The highest BCUT2D eigenvalue weighted by molar-refractivity contribution is 6.32. The van der Waals surface area contributed by atoms with E-state index in [1.807, 2.05) is 42.5 Å². The van der Waals surface area contributed by atoms with E-state index in [4.69, 9.17) is 22.1 Å². The number of nitrogens with one attached hydrogen (secondary N) is 1. The van der Waals surface area contributed by atoms with Crippen molar-refractivity contribution < 1.29 is 4.74 Å². The first kappa shape index (κ1) is 20.5. The molecule has 164 valence electrons. The lowest BCUT2D eigenvalue weighted by Gasteiger charge is -2.15. The summed E-state index contributed by atoms with van der Waals surface area (Å²) >= 11 is 6.43. The molecule has 5 rings (SSSR count). The van der Waals surface area contributed by atoms with Gasteiger partial charge < -0.3 is 15.8 Å². The summed E-state index contributed by atoms with van der Waals surface area (Å²) in [5.41, 5.74) is 6.88. The van der Waals surface area contributed by atoms with Crippen molar-refractivity contribution >= 4 is 40.0 Å². The van der Waals surface area contributed by atoms with Gasteiger partial charge in [-0.15, -0.1) is 5.10 Å². The number of nitrogens with two attached hydrogens (primary N) is 1. The molecule has 1 fully saturated rings. The molecule has 0 atom stereocenters. The molecule has 0 unspecified atom stereocenters. The number of hydrogen-bond donors (Lipinski definition) is 2. The van der Waals surface area contributed by atoms with Crippen molar-refractivity contribution in [1.29, 1.82) is 0 Å². The van der Waals surface area contributed by atoms with Crippen molar-refractivity contribution in [3.05, 3.63) is 59.8 Å². The lowest BCUT2D eigenvalue weighted by atomic mass is 10.1. The molecule has 2 aromatic heterocycles. The van der Waals surface area contributed by atoms with E-state index in [1.54, 1.807) is 12.3 Å². The van der Waals surface area contributed by atoms with Crippen molar-refractivity contribution in [2.75, 3.05) is 37.3 Å². The van der Waals surface area contributed by atoms with Crippen LogP contribution in [0.5, 0.6) is 5.75 Å². The fourth-order valence-corrected chi connectivity index (χ4v) is 4.16. The Bertz CT molecular complexity index is 1230. The highest BCUT2D eigenvalue weighted by atomic mass is 35.5. The van der Waals surface area contributed by atoms with Crippen LogP contribution in [0, 0.1) is 0 Å². The van der Waals surface area contributed by atoms with Gasteiger partial charge in [0.1, 0.15) is 12.4 Å². The van der Waals surface area contributed by atoms with E-state index in [0.717, 1.165) is 36.1 Å². The zero-order valence-corrected chi connectivity index (χ0v) is 18.3. The van der Waals surface area contributed by atoms with E-state index in [1.165, 1.54) is 17.5 Å². The number of pyridine rings is 1. The van der Waals surface area contributed by atoms with Crippen LogP contribution in [0.4, 0.5) is 17.6 Å². The molecular weight excluding hydrogens is 426 g/mol. The SMILES string of the molecule is Nc1nc(Nc2ccc(OCCN3CCCC3)c(Cl)c2)nn1-c1nccc2ccccc12. The molecule has 3 N–H and O–H groups in total. The first-order chi connectivity index (χ1) is 15.7. The molecule has 8 nitrogen and oxygen atoms in total. The Morgan fingerprint density at radius 2 is 1.94 bits per heavy atom. The van der Waals surface area contributed by atoms with Gasteiger partial charge in [0.15, 0.2) is 5.82 Å². The van der Waals surface area contributed by atoms with E-state index in [2.05, 4.69) is 25.3 Å². The van der Waals surface area contributed by atoms with Crippen LogP contribution in [0.15, 0.2) is 54.7 Å². The normalized spacial score (nSPS) is 14.2. The number of fused-ring (bicyclic) bond motifs is 1. The molecule has 1 aliphatic heterocycles. The van der Waals surface area contributed by atoms with Crippen molar-refractivity contribution in [1.82, 2.24) is 24.6 Å². The van der Waals surface area contributed by atoms with Crippen LogP contribution in [0.2, 0.25) is 5.02 Å². The zero-order chi connectivity index (χ0) is 21.9. The summed E-state index contributed by atoms with van der Waals surface area (Å²) in [6.45, 7) is 3.83. The predicted octanol–water partition coefficient (Wildman–Crippen LogP) is 4.27. The van der Waals surface area contributed by atoms with Crippen molar-refractivity contribution in [2.24, 2.45) is 0 Å². The van der Waals surface area contributed by atoms with Gasteiger partial charge in [0.05, 0.1) is 5.02 Å². The van der Waals surface area contributed by atoms with Gasteiger partial charge >= 0.3 is 0 Å². The number of nitrogen functional groups attached to an aromatic ring is 1. The number of halogens is 1. The topological polar surface area (TPSA) is 94.1 Å². The lowest BCUT2D eigenvalue weighted by Crippen LogP contribution is -2.25. The number of nitrogens with zero attached hydrogens (tertiary/aromatic N) is 5. The Kier molecular flexibility index (Phi) is 5.79. The van der Waals surface area contributed by atoms with Crippen molar-refractivity contribution in [3.63, 3.8) is 0 Å². The second kappa shape index (κ2) is 9.02. The third-order valence-electron chi connectivity index (χ3n) is 5.54. The van der Waals surface area contributed by atoms with Crippen LogP contribution < -0.4 is 15.8 Å². The predicted molar refractivity (Wildman–Crippen MR) is 127 cm³/mol. The van der Waals surface area contributed by atoms with E-state index >= 15 is 0 Å². The highest BCUT2D eigenvalue weighted by Crippen LogP contribution is 2.29. The third-order valence-corrected chi connectivity index (χ3v) is 5.83. The summed E-state index contributed by atoms with van der Waals surface area (Å²) in [4.78, 5) is 11.2. The molecule has 0 radical (unpaired) electrons. The molecule has 0 bridgehead atoms. The second-order valence-electron chi connectivity index (χ2n) is 7.73. The quantitative estimate of drug-likeness (QED) is 0.435. The van der Waals surface area contributed by atoms with Crippen LogP contribution in [0.3, 0.4) is 0 Å². The molecule has 0 aliphatic carbocycles. The summed E-state index contributed by atoms with van der Waals surface area (Å²) in [5, 5.41) is 10.2. The molecule has 9 heteroatoms. The summed E-state index contributed by atoms with van der Waals surface area (Å²) < 4.78 is 7.39. The van der Waals surface area contributed by atoms with Gasteiger partial charge in [0.2, 0.25) is 11.9 Å². The van der Waals surface area contributed by atoms with Gasteiger partial charge in [-0.2, -0.15) is 9.67 Å². The minimum absolute atomic E-state index is 0.240. The smallest absolute Gasteiger partial charge is 0.248 e. The minimum atomic E-state index is 0.240. The Hall–Kier alpha value is -3.36. The Morgan fingerprint density at radius 1 is 1.09 bits per heavy atom. The molecule has 3 heterocycles. The molecule has 4 aromatic rings. The number of aromatic nitrogens is 4. The maximum absolute atomic E-state index is 6.43.